The number of aromatic nitrogens is 4. The van der Waals surface area contributed by atoms with Gasteiger partial charge in [0.05, 0.1) is 6.61 Å². The number of amides is 5. The summed E-state index contributed by atoms with van der Waals surface area (Å²) in [7, 11) is 14.0. The van der Waals surface area contributed by atoms with Crippen molar-refractivity contribution in [3.63, 3.8) is 0 Å². The number of rotatable bonds is 32. The Morgan fingerprint density at radius 2 is 0.809 bits per heavy atom. The number of ether oxygens (including phenoxy) is 5. The summed E-state index contributed by atoms with van der Waals surface area (Å²) in [6, 6.07) is 31.4. The lowest BCUT2D eigenvalue weighted by Crippen LogP contribution is -2.38. The molecule has 0 unspecified atom stereocenters. The summed E-state index contributed by atoms with van der Waals surface area (Å²) >= 11 is 12.4. The Labute approximate surface area is 686 Å². The van der Waals surface area contributed by atoms with Gasteiger partial charge in [-0.1, -0.05) is 123 Å². The van der Waals surface area contributed by atoms with Crippen molar-refractivity contribution in [2.24, 2.45) is 16.5 Å². The molecule has 2 aromatic heterocycles. The Morgan fingerprint density at radius 1 is 0.509 bits per heavy atom. The van der Waals surface area contributed by atoms with Gasteiger partial charge in [0.25, 0.3) is 29.5 Å². The number of aliphatic hydroxyl groups excluding tert-OH is 1. The molecular weight excluding hydrogens is 1610 g/mol. The second kappa shape index (κ2) is 63.9. The van der Waals surface area contributed by atoms with Crippen molar-refractivity contribution < 1.29 is 57.6 Å². The Balaban J connectivity index is -0.00000130. The van der Waals surface area contributed by atoms with E-state index in [0.29, 0.717) is 24.7 Å². The molecule has 0 saturated heterocycles. The number of guanidine groups is 1. The molecule has 0 aliphatic heterocycles. The van der Waals surface area contributed by atoms with E-state index in [1.54, 1.807) is 62.4 Å². The molecule has 110 heavy (non-hydrogen) atoms. The molecule has 6 aromatic rings. The number of anilines is 4. The number of hydrogen-bond acceptors (Lipinski definition) is 25. The van der Waals surface area contributed by atoms with Crippen LogP contribution in [0.25, 0.3) is 0 Å². The zero-order valence-corrected chi connectivity index (χ0v) is 71.2. The molecule has 0 saturated carbocycles. The third kappa shape index (κ3) is 49.4. The molecule has 17 N–H and O–H groups in total. The molecule has 0 aliphatic rings. The molecule has 0 radical (unpaired) electrons. The first-order valence-electron chi connectivity index (χ1n) is 35.2. The molecule has 5 amide bonds. The van der Waals surface area contributed by atoms with Gasteiger partial charge < -0.3 is 88.5 Å². The second-order valence-electron chi connectivity index (χ2n) is 23.8. The Hall–Kier alpha value is -8.77. The summed E-state index contributed by atoms with van der Waals surface area (Å²) in [6.45, 7) is 9.85. The third-order valence-electron chi connectivity index (χ3n) is 14.1. The number of benzene rings is 4. The van der Waals surface area contributed by atoms with Gasteiger partial charge in [0, 0.05) is 55.4 Å². The highest BCUT2D eigenvalue weighted by Crippen LogP contribution is 2.21. The van der Waals surface area contributed by atoms with Crippen LogP contribution in [0.15, 0.2) is 102 Å². The summed E-state index contributed by atoms with van der Waals surface area (Å²) in [5.41, 5.74) is 37.8. The SMILES string of the molecule is CCCCCc1ccc(OCC(=O)N(C)C)cc1.CCCCCc1ccc(OCC(=O)OCC)cc1.CCO.CN(C)C(=O)COc1ccc(CCCCN)cc1.CN(C)C(=O)COc1ccc(CCCCN=C(N)NC(=O)c2nc(Cl)c(N)nc2N)cc1.CNC.CSC(=N)NC(=O)c1nc(Cl)c(N)nc1N.Cl.I. The first-order chi connectivity index (χ1) is 51.5. The van der Waals surface area contributed by atoms with Gasteiger partial charge in [-0.05, 0) is 176 Å². The number of aryl methyl sites for hydroxylation is 4. The lowest BCUT2D eigenvalue weighted by Gasteiger charge is -2.11. The number of nitrogens with two attached hydrogens (primary N) is 6. The van der Waals surface area contributed by atoms with Crippen LogP contribution < -0.4 is 69.3 Å². The minimum atomic E-state index is -0.673. The number of amidine groups is 1. The Morgan fingerprint density at radius 3 is 1.10 bits per heavy atom. The molecule has 6 rings (SSSR count). The van der Waals surface area contributed by atoms with Crippen molar-refractivity contribution in [2.75, 3.05) is 138 Å². The molecule has 0 bridgehead atoms. The van der Waals surface area contributed by atoms with E-state index >= 15 is 0 Å². The van der Waals surface area contributed by atoms with Crippen LogP contribution >= 0.6 is 71.3 Å². The number of nitrogens with one attached hydrogen (secondary N) is 4. The Kier molecular flexibility index (Phi) is 61.3. The number of halogens is 4. The number of unbranched alkanes of at least 4 members (excludes halogenated alkanes) is 6. The summed E-state index contributed by atoms with van der Waals surface area (Å²) in [6.07, 6.45) is 17.0. The average Bonchev–Trinajstić information content (AvgIpc) is 0.841. The molecule has 614 valence electrons. The Bertz CT molecular complexity index is 3520. The number of carbonyl (C=O) groups excluding carboxylic acids is 6. The van der Waals surface area contributed by atoms with Crippen LogP contribution in [-0.4, -0.2) is 202 Å². The fraction of sp³-hybridized carbons (Fsp3) is 0.467. The van der Waals surface area contributed by atoms with Crippen LogP contribution in [0.5, 0.6) is 23.0 Å². The van der Waals surface area contributed by atoms with E-state index < -0.39 is 11.8 Å². The molecule has 30 nitrogen and oxygen atoms in total. The van der Waals surface area contributed by atoms with Crippen LogP contribution in [-0.2, 0) is 49.6 Å². The lowest BCUT2D eigenvalue weighted by molar-refractivity contribution is -0.145. The zero-order chi connectivity index (χ0) is 81.4. The van der Waals surface area contributed by atoms with Gasteiger partial charge in [0.2, 0.25) is 0 Å². The zero-order valence-electron chi connectivity index (χ0n) is 65.8. The summed E-state index contributed by atoms with van der Waals surface area (Å²) in [4.78, 5) is 92.6. The first-order valence-corrected chi connectivity index (χ1v) is 37.2. The maximum atomic E-state index is 12.2. The van der Waals surface area contributed by atoms with E-state index in [1.807, 2.05) is 86.9 Å². The number of likely N-dealkylation sites (N-methyl/N-ethyl adjacent to an activating group) is 3. The van der Waals surface area contributed by atoms with Gasteiger partial charge >= 0.3 is 5.97 Å². The van der Waals surface area contributed by atoms with Gasteiger partial charge in [0.15, 0.2) is 82.5 Å². The summed E-state index contributed by atoms with van der Waals surface area (Å²) in [5, 5.41) is 22.0. The fourth-order valence-corrected chi connectivity index (χ4v) is 8.54. The van der Waals surface area contributed by atoms with Crippen molar-refractivity contribution in [1.82, 2.24) is 50.6 Å². The summed E-state index contributed by atoms with van der Waals surface area (Å²) in [5.74, 6) is 0.569. The van der Waals surface area contributed by atoms with Crippen LogP contribution in [0.4, 0.5) is 23.3 Å². The van der Waals surface area contributed by atoms with Crippen molar-refractivity contribution in [3.05, 3.63) is 141 Å². The normalized spacial score (nSPS) is 9.99. The molecule has 4 aromatic carbocycles. The first kappa shape index (κ1) is 105. The van der Waals surface area contributed by atoms with Gasteiger partial charge in [-0.2, -0.15) is 0 Å². The predicted molar refractivity (Wildman–Crippen MR) is 457 cm³/mol. The summed E-state index contributed by atoms with van der Waals surface area (Å²) < 4.78 is 26.4. The van der Waals surface area contributed by atoms with Crippen molar-refractivity contribution in [1.29, 1.82) is 5.41 Å². The van der Waals surface area contributed by atoms with E-state index in [2.05, 4.69) is 79.0 Å². The number of nitrogen functional groups attached to an aromatic ring is 4. The molecular formula is C75H118Cl3IN18O12S. The minimum Gasteiger partial charge on any atom is -0.484 e. The highest BCUT2D eigenvalue weighted by atomic mass is 127. The van der Waals surface area contributed by atoms with E-state index in [1.165, 1.54) is 69.9 Å². The van der Waals surface area contributed by atoms with Crippen molar-refractivity contribution in [2.45, 2.75) is 118 Å². The predicted octanol–water partition coefficient (Wildman–Crippen LogP) is 9.71. The number of esters is 1. The van der Waals surface area contributed by atoms with Crippen LogP contribution in [0, 0.1) is 5.41 Å². The number of carbonyl (C=O) groups is 6. The fourth-order valence-electron chi connectivity index (χ4n) is 8.09. The number of nitrogens with zero attached hydrogens (tertiary/aromatic N) is 8. The van der Waals surface area contributed by atoms with Crippen molar-refractivity contribution >= 4 is 141 Å². The smallest absolute Gasteiger partial charge is 0.344 e. The molecule has 0 fully saturated rings. The van der Waals surface area contributed by atoms with Gasteiger partial charge in [0.1, 0.15) is 23.0 Å². The standard InChI is InChI=1S/C20H27ClN8O3.C15H23NO2.C15H22O3.C14H22N2O2.C7H9ClN6OS.C2H7N.C2H6O.ClH.HI/c1-29(2)14(30)11-32-13-8-6-12(7-9-13)5-3-4-10-25-20(24)28-19(31)15-17(22)27-18(23)16(21)26-15;1-4-5-6-7-13-8-10-14(11-9-13)18-12-15(17)16(2)3;1-3-5-6-7-13-8-10-14(11-9-13)18-12-15(16)17-4-2;1-16(2)14(17)11-18-13-8-6-12(7-9-13)5-3-4-10-15;1-16-7(11)14-6(15)2-4(9)13-5(10)3(8)12-2;1-3-2;1-2-3;;/h6-9H,3-5,10-11H2,1-2H3,(H4,22,23,27)(H3,24,25,28,31);8-11H,4-7,12H2,1-3H3;8-11H,3-7,12H2,1-2H3;6-9H,3-5,10-11,15H2,1-2H3;1H3,(H4,9,10,13)(H2,11,14,15);3H,1-2H3;3H,2H2,1H3;2*1H. The monoisotopic (exact) mass is 1730 g/mol. The molecule has 2 heterocycles. The van der Waals surface area contributed by atoms with E-state index in [0.717, 1.165) is 86.7 Å². The maximum Gasteiger partial charge on any atom is 0.344 e. The topological polar surface area (TPSA) is 458 Å². The molecule has 0 atom stereocenters. The maximum absolute atomic E-state index is 12.2. The van der Waals surface area contributed by atoms with E-state index in [9.17, 15) is 28.8 Å². The molecule has 0 aliphatic carbocycles. The molecule has 35 heteroatoms. The quantitative estimate of drug-likeness (QED) is 0.00615. The molecule has 0 spiro atoms. The highest BCUT2D eigenvalue weighted by molar-refractivity contribution is 14.0. The minimum absolute atomic E-state index is 0. The number of aliphatic hydroxyl groups is 1. The number of aliphatic imine (C=N–C) groups is 1. The van der Waals surface area contributed by atoms with Crippen LogP contribution in [0.1, 0.15) is 135 Å². The third-order valence-corrected chi connectivity index (χ3v) is 15.1. The van der Waals surface area contributed by atoms with Crippen LogP contribution in [0.3, 0.4) is 0 Å². The number of thioether (sulfide) groups is 1. The second-order valence-corrected chi connectivity index (χ2v) is 25.3. The average molecular weight is 1730 g/mol. The highest BCUT2D eigenvalue weighted by Gasteiger charge is 2.19. The van der Waals surface area contributed by atoms with Crippen molar-refractivity contribution in [3.8, 4) is 23.0 Å². The lowest BCUT2D eigenvalue weighted by atomic mass is 10.1. The van der Waals surface area contributed by atoms with Crippen LogP contribution in [0.2, 0.25) is 10.3 Å². The van der Waals surface area contributed by atoms with E-state index in [-0.39, 0.29) is 149 Å². The van der Waals surface area contributed by atoms with E-state index in [4.69, 9.17) is 91.8 Å². The largest absolute Gasteiger partial charge is 0.484 e. The van der Waals surface area contributed by atoms with Gasteiger partial charge in [-0.25, -0.2) is 24.7 Å². The number of hydrogen-bond donors (Lipinski definition) is 11. The van der Waals surface area contributed by atoms with Gasteiger partial charge in [-0.3, -0.25) is 39.7 Å². The van der Waals surface area contributed by atoms with Gasteiger partial charge in [-0.15, -0.1) is 36.4 Å².